The van der Waals surface area contributed by atoms with Gasteiger partial charge >= 0.3 is 0 Å². The maximum Gasteiger partial charge on any atom is 0.132 e. The van der Waals surface area contributed by atoms with Crippen LogP contribution in [0.4, 0.5) is 0 Å². The Morgan fingerprint density at radius 2 is 1.97 bits per heavy atom. The third-order valence-electron chi connectivity index (χ3n) is 6.65. The highest BCUT2D eigenvalue weighted by atomic mass is 16.5. The molecular weight excluding hydrogens is 384 g/mol. The molecule has 31 heavy (non-hydrogen) atoms. The fourth-order valence-corrected chi connectivity index (χ4v) is 4.50. The highest BCUT2D eigenvalue weighted by Gasteiger charge is 2.48. The van der Waals surface area contributed by atoms with Gasteiger partial charge in [0.15, 0.2) is 0 Å². The second-order valence-corrected chi connectivity index (χ2v) is 8.99. The molecule has 0 aliphatic heterocycles. The van der Waals surface area contributed by atoms with E-state index in [-0.39, 0.29) is 6.10 Å². The monoisotopic (exact) mass is 424 g/mol. The minimum absolute atomic E-state index is 0.0279. The fourth-order valence-electron chi connectivity index (χ4n) is 4.50. The number of aliphatic imine (C=N–C) groups is 1. The summed E-state index contributed by atoms with van der Waals surface area (Å²) >= 11 is 0. The van der Waals surface area contributed by atoms with Crippen LogP contribution in [0.3, 0.4) is 0 Å². The first-order chi connectivity index (χ1) is 14.9. The molecule has 0 amide bonds. The topological polar surface area (TPSA) is 51.5 Å². The zero-order valence-electron chi connectivity index (χ0n) is 20.1. The zero-order chi connectivity index (χ0) is 23.0. The minimum atomic E-state index is 0.0279. The second kappa shape index (κ2) is 12.1. The zero-order valence-corrected chi connectivity index (χ0v) is 20.1. The first-order valence-corrected chi connectivity index (χ1v) is 11.7. The molecule has 4 atom stereocenters. The molecule has 0 spiro atoms. The average Bonchev–Trinajstić information content (AvgIpc) is 3.43. The Hall–Kier alpha value is -2.07. The number of carbonyl (C=O) groups is 1. The number of aromatic nitrogens is 1. The summed E-state index contributed by atoms with van der Waals surface area (Å²) in [5.74, 6) is 2.44. The van der Waals surface area contributed by atoms with Crippen LogP contribution in [-0.2, 0) is 16.0 Å². The Morgan fingerprint density at radius 1 is 1.29 bits per heavy atom. The van der Waals surface area contributed by atoms with E-state index in [4.69, 9.17) is 4.74 Å². The lowest BCUT2D eigenvalue weighted by molar-refractivity contribution is -0.120. The third kappa shape index (κ3) is 6.96. The molecule has 2 fully saturated rings. The summed E-state index contributed by atoms with van der Waals surface area (Å²) in [6, 6.07) is 4.39. The molecule has 1 aromatic heterocycles. The summed E-state index contributed by atoms with van der Waals surface area (Å²) in [5.41, 5.74) is 4.77. The molecule has 3 rings (SSSR count). The Bertz CT molecular complexity index is 767. The van der Waals surface area contributed by atoms with Crippen molar-refractivity contribution in [3.63, 3.8) is 0 Å². The van der Waals surface area contributed by atoms with Crippen molar-refractivity contribution in [2.24, 2.45) is 22.7 Å². The van der Waals surface area contributed by atoms with Gasteiger partial charge in [-0.15, -0.1) is 13.2 Å². The van der Waals surface area contributed by atoms with Crippen molar-refractivity contribution in [1.82, 2.24) is 4.98 Å². The van der Waals surface area contributed by atoms with Crippen LogP contribution in [0.5, 0.6) is 0 Å². The van der Waals surface area contributed by atoms with Gasteiger partial charge in [0.1, 0.15) is 5.78 Å². The van der Waals surface area contributed by atoms with Gasteiger partial charge in [-0.05, 0) is 75.0 Å². The molecule has 4 heteroatoms. The summed E-state index contributed by atoms with van der Waals surface area (Å²) in [5, 5.41) is 0. The Labute approximate surface area is 188 Å². The Morgan fingerprint density at radius 3 is 2.52 bits per heavy atom. The first-order valence-electron chi connectivity index (χ1n) is 11.7. The summed E-state index contributed by atoms with van der Waals surface area (Å²) < 4.78 is 6.36. The Kier molecular flexibility index (Phi) is 9.83. The van der Waals surface area contributed by atoms with Gasteiger partial charge in [-0.3, -0.25) is 14.8 Å². The SMILES string of the molecule is C=C.CCc1ccc(C2C(C)C2COC(C)/C(=C\N=C(C)C)C2CCC(=O)CC2)nc1. The highest BCUT2D eigenvalue weighted by molar-refractivity contribution is 5.80. The number of nitrogens with zero attached hydrogens (tertiary/aromatic N) is 2. The molecule has 1 aromatic rings. The lowest BCUT2D eigenvalue weighted by Crippen LogP contribution is -2.24. The van der Waals surface area contributed by atoms with E-state index in [2.05, 4.69) is 56.0 Å². The summed E-state index contributed by atoms with van der Waals surface area (Å²) in [7, 11) is 0. The standard InChI is InChI=1S/C25H36N2O2.C2H4/c1-6-19-7-12-24(27-13-19)25-17(4)23(25)15-29-18(5)22(14-26-16(2)3)20-8-10-21(28)11-9-20;1-2/h7,12-14,17-18,20,23,25H,6,8-11,15H2,1-5H3;1-2H2/b22-14+;. The van der Waals surface area contributed by atoms with E-state index in [1.165, 1.54) is 16.8 Å². The van der Waals surface area contributed by atoms with Gasteiger partial charge in [-0.1, -0.05) is 19.9 Å². The normalized spacial score (nSPS) is 24.7. The largest absolute Gasteiger partial charge is 0.374 e. The smallest absolute Gasteiger partial charge is 0.132 e. The number of ether oxygens (including phenoxy) is 1. The van der Waals surface area contributed by atoms with Crippen LogP contribution < -0.4 is 0 Å². The van der Waals surface area contributed by atoms with E-state index in [9.17, 15) is 4.79 Å². The summed E-state index contributed by atoms with van der Waals surface area (Å²) in [6.07, 6.45) is 8.28. The molecule has 0 radical (unpaired) electrons. The van der Waals surface area contributed by atoms with Crippen LogP contribution in [0.25, 0.3) is 0 Å². The van der Waals surface area contributed by atoms with Crippen LogP contribution in [-0.4, -0.2) is 29.2 Å². The van der Waals surface area contributed by atoms with Crippen LogP contribution in [0.15, 0.2) is 48.3 Å². The van der Waals surface area contributed by atoms with Crippen molar-refractivity contribution in [3.05, 3.63) is 54.5 Å². The average molecular weight is 425 g/mol. The molecule has 2 saturated carbocycles. The molecule has 170 valence electrons. The van der Waals surface area contributed by atoms with Crippen LogP contribution in [0.2, 0.25) is 0 Å². The molecule has 2 aliphatic carbocycles. The number of carbonyl (C=O) groups excluding carboxylic acids is 1. The molecule has 0 bridgehead atoms. The van der Waals surface area contributed by atoms with E-state index < -0.39 is 0 Å². The minimum Gasteiger partial charge on any atom is -0.374 e. The Balaban J connectivity index is 0.00000166. The number of aryl methyl sites for hydroxylation is 1. The molecule has 0 N–H and O–H groups in total. The number of ketones is 1. The van der Waals surface area contributed by atoms with Gasteiger partial charge in [0, 0.05) is 42.6 Å². The lowest BCUT2D eigenvalue weighted by atomic mass is 9.81. The van der Waals surface area contributed by atoms with Crippen LogP contribution in [0.1, 0.15) is 77.5 Å². The van der Waals surface area contributed by atoms with Gasteiger partial charge < -0.3 is 4.74 Å². The van der Waals surface area contributed by atoms with E-state index in [0.29, 0.717) is 42.3 Å². The molecule has 1 heterocycles. The fraction of sp³-hybridized carbons (Fsp3) is 0.593. The maximum absolute atomic E-state index is 11.7. The van der Waals surface area contributed by atoms with Crippen LogP contribution in [0, 0.1) is 17.8 Å². The molecule has 4 unspecified atom stereocenters. The number of pyridine rings is 1. The van der Waals surface area contributed by atoms with Crippen molar-refractivity contribution in [1.29, 1.82) is 0 Å². The van der Waals surface area contributed by atoms with Gasteiger partial charge in [0.25, 0.3) is 0 Å². The molecule has 0 saturated heterocycles. The van der Waals surface area contributed by atoms with Crippen molar-refractivity contribution in [2.75, 3.05) is 6.61 Å². The van der Waals surface area contributed by atoms with E-state index >= 15 is 0 Å². The predicted octanol–water partition coefficient (Wildman–Crippen LogP) is 6.32. The quantitative estimate of drug-likeness (QED) is 0.362. The van der Waals surface area contributed by atoms with Gasteiger partial charge in [0.05, 0.1) is 12.7 Å². The summed E-state index contributed by atoms with van der Waals surface area (Å²) in [6.45, 7) is 17.4. The summed E-state index contributed by atoms with van der Waals surface area (Å²) in [4.78, 5) is 20.9. The van der Waals surface area contributed by atoms with E-state index in [0.717, 1.165) is 31.6 Å². The van der Waals surface area contributed by atoms with Gasteiger partial charge in [-0.25, -0.2) is 0 Å². The number of Topliss-reactive ketones (excluding diaryl/α,β-unsaturated/α-hetero) is 1. The molecule has 4 nitrogen and oxygen atoms in total. The predicted molar refractivity (Wildman–Crippen MR) is 130 cm³/mol. The first kappa shape index (κ1) is 25.2. The third-order valence-corrected chi connectivity index (χ3v) is 6.65. The molecular formula is C27H40N2O2. The second-order valence-electron chi connectivity index (χ2n) is 8.99. The number of hydrogen-bond acceptors (Lipinski definition) is 4. The van der Waals surface area contributed by atoms with E-state index in [1.54, 1.807) is 0 Å². The maximum atomic E-state index is 11.7. The van der Waals surface area contributed by atoms with Crippen molar-refractivity contribution >= 4 is 11.5 Å². The van der Waals surface area contributed by atoms with E-state index in [1.807, 2.05) is 26.2 Å². The molecule has 2 aliphatic rings. The number of hydrogen-bond donors (Lipinski definition) is 0. The molecule has 0 aromatic carbocycles. The number of rotatable bonds is 8. The van der Waals surface area contributed by atoms with Gasteiger partial charge in [0.2, 0.25) is 0 Å². The highest BCUT2D eigenvalue weighted by Crippen LogP contribution is 2.53. The van der Waals surface area contributed by atoms with Crippen LogP contribution >= 0.6 is 0 Å². The van der Waals surface area contributed by atoms with Gasteiger partial charge in [-0.2, -0.15) is 0 Å². The lowest BCUT2D eigenvalue weighted by Gasteiger charge is -2.27. The van der Waals surface area contributed by atoms with Crippen molar-refractivity contribution in [3.8, 4) is 0 Å². The van der Waals surface area contributed by atoms with Crippen molar-refractivity contribution in [2.45, 2.75) is 78.7 Å². The van der Waals surface area contributed by atoms with Crippen molar-refractivity contribution < 1.29 is 9.53 Å².